The predicted molar refractivity (Wildman–Crippen MR) is 53.9 cm³/mol. The van der Waals surface area contributed by atoms with Crippen molar-refractivity contribution >= 4 is 7.32 Å². The maximum Gasteiger partial charge on any atom is 0.634 e. The van der Waals surface area contributed by atoms with Crippen LogP contribution in [0.15, 0.2) is 11.6 Å². The fraction of sp³-hybridized carbons (Fsp3) is 0.778. The molecule has 0 spiro atoms. The summed E-state index contributed by atoms with van der Waals surface area (Å²) >= 11 is 0. The summed E-state index contributed by atoms with van der Waals surface area (Å²) in [6.45, 7) is 8.70. The minimum atomic E-state index is -1.67. The Bertz CT molecular complexity index is 154. The topological polar surface area (TPSA) is 49.7 Å². The Kier molecular flexibility index (Phi) is 6.04. The first-order valence-electron chi connectivity index (χ1n) is 4.62. The van der Waals surface area contributed by atoms with Gasteiger partial charge < -0.3 is 14.7 Å². The summed E-state index contributed by atoms with van der Waals surface area (Å²) in [6.07, 6.45) is 1.91. The van der Waals surface area contributed by atoms with Crippen molar-refractivity contribution in [2.45, 2.75) is 27.7 Å². The van der Waals surface area contributed by atoms with Gasteiger partial charge in [-0.2, -0.15) is 0 Å². The predicted octanol–water partition coefficient (Wildman–Crippen LogP) is 1.21. The van der Waals surface area contributed by atoms with Gasteiger partial charge in [-0.25, -0.2) is 0 Å². The highest BCUT2D eigenvalue weighted by Gasteiger charge is 2.09. The van der Waals surface area contributed by atoms with E-state index in [0.29, 0.717) is 11.8 Å². The van der Waals surface area contributed by atoms with Gasteiger partial charge in [-0.3, -0.25) is 0 Å². The molecule has 76 valence electrons. The van der Waals surface area contributed by atoms with Crippen molar-refractivity contribution in [2.24, 2.45) is 11.8 Å². The molecule has 0 fully saturated rings. The Balaban J connectivity index is 4.05. The molecule has 0 atom stereocenters. The van der Waals surface area contributed by atoms with Crippen LogP contribution in [0.4, 0.5) is 0 Å². The third kappa shape index (κ3) is 5.85. The lowest BCUT2D eigenvalue weighted by atomic mass is 9.92. The van der Waals surface area contributed by atoms with Gasteiger partial charge in [0.1, 0.15) is 0 Å². The second kappa shape index (κ2) is 6.19. The fourth-order valence-electron chi connectivity index (χ4n) is 1.37. The largest absolute Gasteiger partial charge is 0.634 e. The van der Waals surface area contributed by atoms with E-state index in [2.05, 4.69) is 32.3 Å². The fourth-order valence-corrected chi connectivity index (χ4v) is 1.37. The Morgan fingerprint density at radius 1 is 1.23 bits per heavy atom. The molecule has 4 heteroatoms. The van der Waals surface area contributed by atoms with E-state index in [9.17, 15) is 0 Å². The molecule has 0 aliphatic rings. The van der Waals surface area contributed by atoms with Gasteiger partial charge in [-0.1, -0.05) is 39.3 Å². The molecule has 0 heterocycles. The SMILES string of the molecule is CC(C)C(=CCOB(O)O)C(C)C. The zero-order valence-corrected chi connectivity index (χ0v) is 8.82. The number of rotatable bonds is 5. The highest BCUT2D eigenvalue weighted by Crippen LogP contribution is 2.18. The van der Waals surface area contributed by atoms with Crippen LogP contribution in [0.25, 0.3) is 0 Å². The summed E-state index contributed by atoms with van der Waals surface area (Å²) in [5, 5.41) is 16.9. The Hall–Kier alpha value is -0.315. The molecule has 0 saturated carbocycles. The summed E-state index contributed by atoms with van der Waals surface area (Å²) in [4.78, 5) is 0. The summed E-state index contributed by atoms with van der Waals surface area (Å²) in [7, 11) is -1.67. The Morgan fingerprint density at radius 3 is 2.00 bits per heavy atom. The monoisotopic (exact) mass is 186 g/mol. The zero-order chi connectivity index (χ0) is 10.4. The summed E-state index contributed by atoms with van der Waals surface area (Å²) in [6, 6.07) is 0. The molecule has 0 aromatic rings. The molecule has 0 bridgehead atoms. The van der Waals surface area contributed by atoms with Gasteiger partial charge >= 0.3 is 7.32 Å². The highest BCUT2D eigenvalue weighted by molar-refractivity contribution is 6.32. The molecule has 3 nitrogen and oxygen atoms in total. The van der Waals surface area contributed by atoms with Crippen LogP contribution >= 0.6 is 0 Å². The third-order valence-corrected chi connectivity index (χ3v) is 1.90. The summed E-state index contributed by atoms with van der Waals surface area (Å²) in [5.74, 6) is 0.943. The molecule has 13 heavy (non-hydrogen) atoms. The van der Waals surface area contributed by atoms with Gasteiger partial charge in [-0.05, 0) is 11.8 Å². The van der Waals surface area contributed by atoms with Gasteiger partial charge in [0.05, 0.1) is 6.61 Å². The standard InChI is InChI=1S/C9H19BO3/c1-7(2)9(8(3)4)5-6-13-10(11)12/h5,7-8,11-12H,6H2,1-4H3. The van der Waals surface area contributed by atoms with Crippen LogP contribution in [0, 0.1) is 11.8 Å². The van der Waals surface area contributed by atoms with Crippen molar-refractivity contribution in [3.63, 3.8) is 0 Å². The summed E-state index contributed by atoms with van der Waals surface area (Å²) < 4.78 is 4.61. The van der Waals surface area contributed by atoms with E-state index in [1.807, 2.05) is 6.08 Å². The van der Waals surface area contributed by atoms with Gasteiger partial charge in [0, 0.05) is 0 Å². The number of allylic oxidation sites excluding steroid dienone is 1. The molecule has 0 unspecified atom stereocenters. The van der Waals surface area contributed by atoms with Gasteiger partial charge in [-0.15, -0.1) is 0 Å². The molecule has 0 aliphatic heterocycles. The molecule has 0 aromatic heterocycles. The van der Waals surface area contributed by atoms with Crippen molar-refractivity contribution in [3.05, 3.63) is 11.6 Å². The zero-order valence-electron chi connectivity index (χ0n) is 8.82. The van der Waals surface area contributed by atoms with Crippen molar-refractivity contribution < 1.29 is 14.7 Å². The van der Waals surface area contributed by atoms with Crippen molar-refractivity contribution in [1.29, 1.82) is 0 Å². The lowest BCUT2D eigenvalue weighted by Gasteiger charge is -2.15. The third-order valence-electron chi connectivity index (χ3n) is 1.90. The van der Waals surface area contributed by atoms with Crippen molar-refractivity contribution in [1.82, 2.24) is 0 Å². The molecule has 0 aliphatic carbocycles. The van der Waals surface area contributed by atoms with E-state index in [-0.39, 0.29) is 6.61 Å². The molecule has 0 amide bonds. The average molecular weight is 186 g/mol. The normalized spacial score (nSPS) is 10.8. The van der Waals surface area contributed by atoms with Gasteiger partial charge in [0.15, 0.2) is 0 Å². The van der Waals surface area contributed by atoms with Gasteiger partial charge in [0.25, 0.3) is 0 Å². The van der Waals surface area contributed by atoms with E-state index in [4.69, 9.17) is 10.0 Å². The average Bonchev–Trinajstić information content (AvgIpc) is 1.95. The first kappa shape index (κ1) is 12.7. The minimum Gasteiger partial charge on any atom is -0.402 e. The van der Waals surface area contributed by atoms with E-state index in [1.165, 1.54) is 5.57 Å². The lowest BCUT2D eigenvalue weighted by Crippen LogP contribution is -2.17. The van der Waals surface area contributed by atoms with E-state index in [0.717, 1.165) is 0 Å². The second-order valence-corrected chi connectivity index (χ2v) is 3.67. The quantitative estimate of drug-likeness (QED) is 0.501. The molecule has 0 radical (unpaired) electrons. The van der Waals surface area contributed by atoms with Gasteiger partial charge in [0.2, 0.25) is 0 Å². The van der Waals surface area contributed by atoms with Crippen LogP contribution in [-0.4, -0.2) is 24.0 Å². The van der Waals surface area contributed by atoms with Crippen LogP contribution < -0.4 is 0 Å². The first-order valence-corrected chi connectivity index (χ1v) is 4.62. The highest BCUT2D eigenvalue weighted by atomic mass is 16.6. The van der Waals surface area contributed by atoms with E-state index >= 15 is 0 Å². The number of hydrogen-bond acceptors (Lipinski definition) is 3. The van der Waals surface area contributed by atoms with Crippen LogP contribution in [0.3, 0.4) is 0 Å². The number of hydrogen-bond donors (Lipinski definition) is 2. The van der Waals surface area contributed by atoms with Crippen LogP contribution in [-0.2, 0) is 4.65 Å². The maximum absolute atomic E-state index is 8.45. The first-order chi connectivity index (χ1) is 5.95. The van der Waals surface area contributed by atoms with Crippen LogP contribution in [0.5, 0.6) is 0 Å². The second-order valence-electron chi connectivity index (χ2n) is 3.67. The van der Waals surface area contributed by atoms with Crippen LogP contribution in [0.1, 0.15) is 27.7 Å². The van der Waals surface area contributed by atoms with Crippen molar-refractivity contribution in [2.75, 3.05) is 6.61 Å². The molecular formula is C9H19BO3. The summed E-state index contributed by atoms with van der Waals surface area (Å²) in [5.41, 5.74) is 1.28. The van der Waals surface area contributed by atoms with E-state index < -0.39 is 7.32 Å². The molecule has 0 rings (SSSR count). The molecule has 2 N–H and O–H groups in total. The maximum atomic E-state index is 8.45. The molecular weight excluding hydrogens is 167 g/mol. The Labute approximate surface area is 80.6 Å². The molecule has 0 aromatic carbocycles. The van der Waals surface area contributed by atoms with E-state index in [1.54, 1.807) is 0 Å². The van der Waals surface area contributed by atoms with Crippen LogP contribution in [0.2, 0.25) is 0 Å². The smallest absolute Gasteiger partial charge is 0.402 e. The minimum absolute atomic E-state index is 0.253. The Morgan fingerprint density at radius 2 is 1.69 bits per heavy atom. The molecule has 0 saturated heterocycles. The lowest BCUT2D eigenvalue weighted by molar-refractivity contribution is 0.205. The van der Waals surface area contributed by atoms with Crippen molar-refractivity contribution in [3.8, 4) is 0 Å².